The van der Waals surface area contributed by atoms with E-state index in [1.54, 1.807) is 6.21 Å². The van der Waals surface area contributed by atoms with Gasteiger partial charge in [-0.1, -0.05) is 80.9 Å². The molecule has 0 spiro atoms. The summed E-state index contributed by atoms with van der Waals surface area (Å²) in [6, 6.07) is 25.0. The van der Waals surface area contributed by atoms with Crippen molar-refractivity contribution in [1.29, 1.82) is 0 Å². The molecule has 2 N–H and O–H groups in total. The van der Waals surface area contributed by atoms with Gasteiger partial charge in [-0.3, -0.25) is 9.69 Å². The molecule has 0 unspecified atom stereocenters. The fourth-order valence-electron chi connectivity index (χ4n) is 4.54. The fraction of sp³-hybridized carbons (Fsp3) is 0.273. The molecular formula is C33H36ClN3O3. The Bertz CT molecular complexity index is 1470. The molecule has 1 amide bonds. The minimum atomic E-state index is -0.421. The van der Waals surface area contributed by atoms with Crippen molar-refractivity contribution in [2.45, 2.75) is 39.7 Å². The largest absolute Gasteiger partial charge is 0.506 e. The second-order valence-corrected chi connectivity index (χ2v) is 10.5. The molecule has 0 aliphatic rings. The third kappa shape index (κ3) is 7.62. The zero-order valence-electron chi connectivity index (χ0n) is 23.2. The van der Waals surface area contributed by atoms with Crippen LogP contribution in [-0.4, -0.2) is 41.8 Å². The number of hydrogen-bond donors (Lipinski definition) is 2. The fourth-order valence-corrected chi connectivity index (χ4v) is 4.72. The SMILES string of the molecule is CCCN(CCOc1ccc(/C=N/NC(=O)c2ccc(O)c(Cl)c2)c2ccccc12)Cc1ccc(C(C)C)cc1. The van der Waals surface area contributed by atoms with Gasteiger partial charge in [-0.2, -0.15) is 5.10 Å². The summed E-state index contributed by atoms with van der Waals surface area (Å²) in [6.45, 7) is 9.93. The molecule has 0 radical (unpaired) electrons. The number of phenolic OH excluding ortho intramolecular Hbond substituents is 1. The Labute approximate surface area is 241 Å². The Hall–Kier alpha value is -3.87. The maximum atomic E-state index is 12.4. The highest BCUT2D eigenvalue weighted by atomic mass is 35.5. The van der Waals surface area contributed by atoms with Crippen LogP contribution in [0, 0.1) is 0 Å². The van der Waals surface area contributed by atoms with Gasteiger partial charge in [0.2, 0.25) is 0 Å². The molecule has 0 bridgehead atoms. The van der Waals surface area contributed by atoms with Crippen molar-refractivity contribution in [2.75, 3.05) is 19.7 Å². The van der Waals surface area contributed by atoms with Gasteiger partial charge in [0.05, 0.1) is 11.2 Å². The molecule has 0 aliphatic carbocycles. The van der Waals surface area contributed by atoms with Crippen LogP contribution in [0.4, 0.5) is 0 Å². The first-order chi connectivity index (χ1) is 19.4. The number of amides is 1. The number of hydrogen-bond acceptors (Lipinski definition) is 5. The first-order valence-corrected chi connectivity index (χ1v) is 14.0. The summed E-state index contributed by atoms with van der Waals surface area (Å²) in [7, 11) is 0. The summed E-state index contributed by atoms with van der Waals surface area (Å²) >= 11 is 5.90. The van der Waals surface area contributed by atoms with Crippen molar-refractivity contribution < 1.29 is 14.6 Å². The Morgan fingerprint density at radius 2 is 1.77 bits per heavy atom. The van der Waals surface area contributed by atoms with Crippen LogP contribution in [0.3, 0.4) is 0 Å². The first kappa shape index (κ1) is 29.1. The third-order valence-corrected chi connectivity index (χ3v) is 7.06. The normalized spacial score (nSPS) is 11.6. The molecule has 0 saturated carbocycles. The Kier molecular flexibility index (Phi) is 10.2. The lowest BCUT2D eigenvalue weighted by Crippen LogP contribution is -2.29. The number of phenols is 1. The van der Waals surface area contributed by atoms with E-state index < -0.39 is 5.91 Å². The Balaban J connectivity index is 1.39. The van der Waals surface area contributed by atoms with Gasteiger partial charge in [0.25, 0.3) is 5.91 Å². The molecule has 0 aromatic heterocycles. The zero-order chi connectivity index (χ0) is 28.5. The number of nitrogens with zero attached hydrogens (tertiary/aromatic N) is 2. The Morgan fingerprint density at radius 3 is 2.48 bits per heavy atom. The predicted molar refractivity (Wildman–Crippen MR) is 164 cm³/mol. The summed E-state index contributed by atoms with van der Waals surface area (Å²) in [5.41, 5.74) is 6.34. The smallest absolute Gasteiger partial charge is 0.271 e. The summed E-state index contributed by atoms with van der Waals surface area (Å²) in [6.07, 6.45) is 2.69. The highest BCUT2D eigenvalue weighted by molar-refractivity contribution is 6.32. The molecule has 40 heavy (non-hydrogen) atoms. The maximum absolute atomic E-state index is 12.4. The van der Waals surface area contributed by atoms with Crippen LogP contribution in [0.1, 0.15) is 60.2 Å². The number of hydrazone groups is 1. The van der Waals surface area contributed by atoms with Crippen LogP contribution >= 0.6 is 11.6 Å². The van der Waals surface area contributed by atoms with Gasteiger partial charge in [-0.05, 0) is 65.7 Å². The molecule has 0 atom stereocenters. The van der Waals surface area contributed by atoms with Gasteiger partial charge >= 0.3 is 0 Å². The molecule has 208 valence electrons. The zero-order valence-corrected chi connectivity index (χ0v) is 24.0. The number of nitrogens with one attached hydrogen (secondary N) is 1. The van der Waals surface area contributed by atoms with Crippen LogP contribution in [0.5, 0.6) is 11.5 Å². The van der Waals surface area contributed by atoms with Crippen LogP contribution in [0.2, 0.25) is 5.02 Å². The number of carbonyl (C=O) groups excluding carboxylic acids is 1. The van der Waals surface area contributed by atoms with Crippen molar-refractivity contribution in [2.24, 2.45) is 5.10 Å². The van der Waals surface area contributed by atoms with Crippen molar-refractivity contribution in [3.63, 3.8) is 0 Å². The quantitative estimate of drug-likeness (QED) is 0.141. The van der Waals surface area contributed by atoms with E-state index in [-0.39, 0.29) is 10.8 Å². The average molecular weight is 558 g/mol. The number of halogens is 1. The van der Waals surface area contributed by atoms with Crippen LogP contribution in [-0.2, 0) is 6.54 Å². The lowest BCUT2D eigenvalue weighted by Gasteiger charge is -2.22. The number of carbonyl (C=O) groups is 1. The van der Waals surface area contributed by atoms with Gasteiger partial charge in [-0.15, -0.1) is 0 Å². The molecule has 0 aliphatic heterocycles. The molecule has 4 aromatic rings. The minimum Gasteiger partial charge on any atom is -0.506 e. The number of ether oxygens (including phenoxy) is 1. The van der Waals surface area contributed by atoms with Crippen LogP contribution in [0.15, 0.2) is 84.0 Å². The number of benzene rings is 4. The molecular weight excluding hydrogens is 522 g/mol. The number of aromatic hydroxyl groups is 1. The molecule has 4 rings (SSSR count). The van der Waals surface area contributed by atoms with Crippen molar-refractivity contribution in [3.05, 3.63) is 106 Å². The van der Waals surface area contributed by atoms with E-state index in [4.69, 9.17) is 16.3 Å². The lowest BCUT2D eigenvalue weighted by molar-refractivity contribution is 0.0955. The number of fused-ring (bicyclic) bond motifs is 1. The topological polar surface area (TPSA) is 74.2 Å². The monoisotopic (exact) mass is 557 g/mol. The van der Waals surface area contributed by atoms with Gasteiger partial charge in [0.15, 0.2) is 0 Å². The van der Waals surface area contributed by atoms with Crippen molar-refractivity contribution in [3.8, 4) is 11.5 Å². The molecule has 6 nitrogen and oxygen atoms in total. The van der Waals surface area contributed by atoms with Crippen LogP contribution in [0.25, 0.3) is 10.8 Å². The van der Waals surface area contributed by atoms with E-state index in [2.05, 4.69) is 60.5 Å². The summed E-state index contributed by atoms with van der Waals surface area (Å²) in [5, 5.41) is 15.8. The third-order valence-electron chi connectivity index (χ3n) is 6.75. The standard InChI is InChI=1S/C33H36ClN3O3/c1-4-17-37(22-24-9-11-25(12-10-24)23(2)3)18-19-40-32-16-14-27(28-7-5-6-8-29(28)32)21-35-36-33(39)26-13-15-31(38)30(34)20-26/h5-16,20-21,23,38H,4,17-19,22H2,1-3H3,(H,36,39)/b35-21+. The predicted octanol–water partition coefficient (Wildman–Crippen LogP) is 7.38. The number of rotatable bonds is 12. The van der Waals surface area contributed by atoms with Gasteiger partial charge in [0, 0.05) is 29.6 Å². The lowest BCUT2D eigenvalue weighted by atomic mass is 10.0. The Morgan fingerprint density at radius 1 is 1.02 bits per heavy atom. The average Bonchev–Trinajstić information content (AvgIpc) is 2.95. The van der Waals surface area contributed by atoms with E-state index in [1.807, 2.05) is 36.4 Å². The van der Waals surface area contributed by atoms with Gasteiger partial charge in [-0.25, -0.2) is 5.43 Å². The van der Waals surface area contributed by atoms with E-state index in [0.717, 1.165) is 48.1 Å². The molecule has 0 fully saturated rings. The second-order valence-electron chi connectivity index (χ2n) is 10.1. The maximum Gasteiger partial charge on any atom is 0.271 e. The van der Waals surface area contributed by atoms with Crippen molar-refractivity contribution >= 4 is 34.5 Å². The molecule has 7 heteroatoms. The van der Waals surface area contributed by atoms with E-state index in [0.29, 0.717) is 18.1 Å². The molecule has 0 saturated heterocycles. The van der Waals surface area contributed by atoms with E-state index >= 15 is 0 Å². The van der Waals surface area contributed by atoms with Gasteiger partial charge < -0.3 is 9.84 Å². The molecule has 0 heterocycles. The highest BCUT2D eigenvalue weighted by Gasteiger charge is 2.10. The van der Waals surface area contributed by atoms with Crippen molar-refractivity contribution in [1.82, 2.24) is 10.3 Å². The summed E-state index contributed by atoms with van der Waals surface area (Å²) < 4.78 is 6.27. The highest BCUT2D eigenvalue weighted by Crippen LogP contribution is 2.28. The van der Waals surface area contributed by atoms with Crippen LogP contribution < -0.4 is 10.2 Å². The second kappa shape index (κ2) is 14.0. The van der Waals surface area contributed by atoms with E-state index in [9.17, 15) is 9.90 Å². The van der Waals surface area contributed by atoms with Gasteiger partial charge in [0.1, 0.15) is 18.1 Å². The summed E-state index contributed by atoms with van der Waals surface area (Å²) in [5.74, 6) is 0.846. The van der Waals surface area contributed by atoms with E-state index in [1.165, 1.54) is 29.3 Å². The first-order valence-electron chi connectivity index (χ1n) is 13.6. The summed E-state index contributed by atoms with van der Waals surface area (Å²) in [4.78, 5) is 14.8. The minimum absolute atomic E-state index is 0.0787. The molecule has 4 aromatic carbocycles.